The first kappa shape index (κ1) is 16.6. The lowest BCUT2D eigenvalue weighted by Gasteiger charge is -2.03. The third-order valence-electron chi connectivity index (χ3n) is 3.26. The maximum absolute atomic E-state index is 11.1. The van der Waals surface area contributed by atoms with Crippen LogP contribution < -0.4 is 0 Å². The van der Waals surface area contributed by atoms with E-state index < -0.39 is 0 Å². The zero-order chi connectivity index (χ0) is 14.5. The normalized spacial score (nSPS) is 10.4. The minimum atomic E-state index is -0.0580. The summed E-state index contributed by atoms with van der Waals surface area (Å²) in [4.78, 5) is 19.2. The Labute approximate surface area is 122 Å². The van der Waals surface area contributed by atoms with Gasteiger partial charge in [-0.1, -0.05) is 32.1 Å². The molecule has 0 atom stereocenters. The third kappa shape index (κ3) is 8.62. The molecule has 0 spiro atoms. The number of aryl methyl sites for hydroxylation is 1. The Morgan fingerprint density at radius 3 is 2.45 bits per heavy atom. The monoisotopic (exact) mass is 278 g/mol. The topological polar surface area (TPSA) is 52.1 Å². The van der Waals surface area contributed by atoms with E-state index in [-0.39, 0.29) is 5.97 Å². The summed E-state index contributed by atoms with van der Waals surface area (Å²) in [6.45, 7) is 2.34. The predicted molar refractivity (Wildman–Crippen MR) is 79.3 cm³/mol. The molecule has 1 rings (SSSR count). The van der Waals surface area contributed by atoms with Crippen molar-refractivity contribution in [1.82, 2.24) is 9.97 Å². The van der Waals surface area contributed by atoms with E-state index in [1.54, 1.807) is 12.5 Å². The van der Waals surface area contributed by atoms with Crippen LogP contribution in [0.5, 0.6) is 0 Å². The van der Waals surface area contributed by atoms with Gasteiger partial charge in [-0.2, -0.15) is 0 Å². The van der Waals surface area contributed by atoms with Crippen molar-refractivity contribution >= 4 is 5.97 Å². The zero-order valence-corrected chi connectivity index (χ0v) is 12.5. The quantitative estimate of drug-likeness (QED) is 0.457. The summed E-state index contributed by atoms with van der Waals surface area (Å²) in [6, 6.07) is 1.98. The molecule has 0 saturated carbocycles. The standard InChI is InChI=1S/C16H26N2O2/c1-2-20-16(19)11-9-7-5-3-4-6-8-10-15-12-13-17-14-18-15/h12-14H,2-11H2,1H3. The first-order chi connectivity index (χ1) is 9.83. The summed E-state index contributed by atoms with van der Waals surface area (Å²) in [6.07, 6.45) is 13.3. The van der Waals surface area contributed by atoms with Crippen molar-refractivity contribution in [2.75, 3.05) is 6.61 Å². The number of unbranched alkanes of at least 4 members (excludes halogenated alkanes) is 6. The molecule has 1 heterocycles. The maximum Gasteiger partial charge on any atom is 0.305 e. The molecule has 4 heteroatoms. The highest BCUT2D eigenvalue weighted by Gasteiger charge is 2.00. The molecule has 1 aromatic heterocycles. The van der Waals surface area contributed by atoms with Crippen LogP contribution >= 0.6 is 0 Å². The van der Waals surface area contributed by atoms with E-state index in [9.17, 15) is 4.79 Å². The Kier molecular flexibility index (Phi) is 9.45. The number of nitrogens with zero attached hydrogens (tertiary/aromatic N) is 2. The summed E-state index contributed by atoms with van der Waals surface area (Å²) in [5.41, 5.74) is 1.13. The number of carbonyl (C=O) groups excluding carboxylic acids is 1. The van der Waals surface area contributed by atoms with Gasteiger partial charge >= 0.3 is 5.97 Å². The average Bonchev–Trinajstić information content (AvgIpc) is 2.47. The van der Waals surface area contributed by atoms with Crippen LogP contribution in [0.3, 0.4) is 0 Å². The molecule has 0 unspecified atom stereocenters. The fourth-order valence-corrected chi connectivity index (χ4v) is 2.16. The smallest absolute Gasteiger partial charge is 0.305 e. The van der Waals surface area contributed by atoms with Crippen molar-refractivity contribution in [3.05, 3.63) is 24.3 Å². The minimum Gasteiger partial charge on any atom is -0.466 e. The molecule has 1 aromatic rings. The summed E-state index contributed by atoms with van der Waals surface area (Å²) >= 11 is 0. The molecule has 20 heavy (non-hydrogen) atoms. The second kappa shape index (κ2) is 11.4. The number of rotatable bonds is 11. The van der Waals surface area contributed by atoms with Crippen molar-refractivity contribution in [3.8, 4) is 0 Å². The first-order valence-corrected chi connectivity index (χ1v) is 7.73. The predicted octanol–water partition coefficient (Wildman–Crippen LogP) is 3.70. The van der Waals surface area contributed by atoms with E-state index in [0.29, 0.717) is 13.0 Å². The second-order valence-corrected chi connectivity index (χ2v) is 4.98. The van der Waals surface area contributed by atoms with E-state index >= 15 is 0 Å². The number of carbonyl (C=O) groups is 1. The van der Waals surface area contributed by atoms with Crippen molar-refractivity contribution in [2.45, 2.75) is 64.7 Å². The zero-order valence-electron chi connectivity index (χ0n) is 12.5. The molecule has 4 nitrogen and oxygen atoms in total. The van der Waals surface area contributed by atoms with E-state index in [1.807, 2.05) is 13.0 Å². The van der Waals surface area contributed by atoms with Crippen LogP contribution in [0.1, 0.15) is 64.0 Å². The lowest BCUT2D eigenvalue weighted by Crippen LogP contribution is -2.03. The molecule has 0 aliphatic heterocycles. The Bertz CT molecular complexity index is 355. The highest BCUT2D eigenvalue weighted by Crippen LogP contribution is 2.10. The van der Waals surface area contributed by atoms with Crippen molar-refractivity contribution in [2.24, 2.45) is 0 Å². The molecule has 0 aliphatic rings. The van der Waals surface area contributed by atoms with Gasteiger partial charge < -0.3 is 4.74 Å². The SMILES string of the molecule is CCOC(=O)CCCCCCCCCc1ccncn1. The van der Waals surface area contributed by atoms with Gasteiger partial charge in [0.15, 0.2) is 0 Å². The molecule has 112 valence electrons. The lowest BCUT2D eigenvalue weighted by molar-refractivity contribution is -0.143. The van der Waals surface area contributed by atoms with Crippen LogP contribution in [-0.2, 0) is 16.0 Å². The van der Waals surface area contributed by atoms with Gasteiger partial charge in [-0.3, -0.25) is 4.79 Å². The minimum absolute atomic E-state index is 0.0580. The van der Waals surface area contributed by atoms with E-state index in [4.69, 9.17) is 4.74 Å². The van der Waals surface area contributed by atoms with Gasteiger partial charge in [0.2, 0.25) is 0 Å². The molecule has 0 fully saturated rings. The van der Waals surface area contributed by atoms with Crippen LogP contribution in [-0.4, -0.2) is 22.5 Å². The van der Waals surface area contributed by atoms with Gasteiger partial charge in [-0.05, 0) is 32.3 Å². The number of hydrogen-bond donors (Lipinski definition) is 0. The molecule has 0 amide bonds. The Morgan fingerprint density at radius 1 is 1.10 bits per heavy atom. The Morgan fingerprint density at radius 2 is 1.80 bits per heavy atom. The van der Waals surface area contributed by atoms with Crippen molar-refractivity contribution in [1.29, 1.82) is 0 Å². The fraction of sp³-hybridized carbons (Fsp3) is 0.688. The molecule has 0 bridgehead atoms. The molecule has 0 N–H and O–H groups in total. The average molecular weight is 278 g/mol. The van der Waals surface area contributed by atoms with Gasteiger partial charge in [-0.25, -0.2) is 9.97 Å². The van der Waals surface area contributed by atoms with Crippen LogP contribution in [0.25, 0.3) is 0 Å². The molecular weight excluding hydrogens is 252 g/mol. The van der Waals surface area contributed by atoms with Crippen LogP contribution in [0.2, 0.25) is 0 Å². The van der Waals surface area contributed by atoms with Crippen molar-refractivity contribution in [3.63, 3.8) is 0 Å². The van der Waals surface area contributed by atoms with Crippen LogP contribution in [0.15, 0.2) is 18.6 Å². The van der Waals surface area contributed by atoms with Crippen LogP contribution in [0.4, 0.5) is 0 Å². The largest absolute Gasteiger partial charge is 0.466 e. The summed E-state index contributed by atoms with van der Waals surface area (Å²) in [7, 11) is 0. The molecule has 0 aliphatic carbocycles. The van der Waals surface area contributed by atoms with Gasteiger partial charge in [0.25, 0.3) is 0 Å². The molecule has 0 radical (unpaired) electrons. The Balaban J connectivity index is 1.84. The van der Waals surface area contributed by atoms with E-state index in [2.05, 4.69) is 9.97 Å². The number of ether oxygens (including phenoxy) is 1. The van der Waals surface area contributed by atoms with Gasteiger partial charge in [0.05, 0.1) is 6.61 Å². The third-order valence-corrected chi connectivity index (χ3v) is 3.26. The number of esters is 1. The molecule has 0 aromatic carbocycles. The van der Waals surface area contributed by atoms with Crippen molar-refractivity contribution < 1.29 is 9.53 Å². The number of hydrogen-bond acceptors (Lipinski definition) is 4. The van der Waals surface area contributed by atoms with Crippen LogP contribution in [0, 0.1) is 0 Å². The van der Waals surface area contributed by atoms with Gasteiger partial charge in [-0.15, -0.1) is 0 Å². The summed E-state index contributed by atoms with van der Waals surface area (Å²) < 4.78 is 4.89. The first-order valence-electron chi connectivity index (χ1n) is 7.73. The summed E-state index contributed by atoms with van der Waals surface area (Å²) in [5, 5.41) is 0. The fourth-order valence-electron chi connectivity index (χ4n) is 2.16. The Hall–Kier alpha value is -1.45. The van der Waals surface area contributed by atoms with Gasteiger partial charge in [0.1, 0.15) is 6.33 Å². The highest BCUT2D eigenvalue weighted by molar-refractivity contribution is 5.69. The van der Waals surface area contributed by atoms with E-state index in [1.165, 1.54) is 32.1 Å². The number of aromatic nitrogens is 2. The maximum atomic E-state index is 11.1. The highest BCUT2D eigenvalue weighted by atomic mass is 16.5. The second-order valence-electron chi connectivity index (χ2n) is 4.98. The lowest BCUT2D eigenvalue weighted by atomic mass is 10.1. The summed E-state index contributed by atoms with van der Waals surface area (Å²) in [5.74, 6) is -0.0580. The molecular formula is C16H26N2O2. The van der Waals surface area contributed by atoms with E-state index in [0.717, 1.165) is 25.0 Å². The van der Waals surface area contributed by atoms with Gasteiger partial charge in [0, 0.05) is 18.3 Å². The molecule has 0 saturated heterocycles.